The van der Waals surface area contributed by atoms with E-state index in [9.17, 15) is 4.79 Å². The number of benzene rings is 2. The molecule has 1 amide bonds. The molecular weight excluding hydrogens is 477 g/mol. The molecule has 3 rings (SSSR count). The third-order valence-corrected chi connectivity index (χ3v) is 4.71. The highest BCUT2D eigenvalue weighted by atomic mass is 127. The molecule has 0 aliphatic carbocycles. The fraction of sp³-hybridized carbons (Fsp3) is 0.364. The van der Waals surface area contributed by atoms with E-state index in [-0.39, 0.29) is 36.4 Å². The van der Waals surface area contributed by atoms with Gasteiger partial charge in [0.1, 0.15) is 6.54 Å². The number of anilines is 2. The van der Waals surface area contributed by atoms with Crippen LogP contribution in [0.5, 0.6) is 0 Å². The second-order valence-electron chi connectivity index (χ2n) is 7.02. The Bertz CT molecular complexity index is 795. The van der Waals surface area contributed by atoms with Crippen LogP contribution in [0.2, 0.25) is 0 Å². The van der Waals surface area contributed by atoms with Crippen molar-refractivity contribution in [2.45, 2.75) is 26.3 Å². The molecule has 1 atom stereocenters. The quantitative estimate of drug-likeness (QED) is 0.319. The fourth-order valence-corrected chi connectivity index (χ4v) is 3.25. The number of hydrogen-bond donors (Lipinski definition) is 3. The Kier molecular flexibility index (Phi) is 9.24. The summed E-state index contributed by atoms with van der Waals surface area (Å²) in [5.74, 6) is 0.553. The highest BCUT2D eigenvalue weighted by molar-refractivity contribution is 14.0. The van der Waals surface area contributed by atoms with Crippen molar-refractivity contribution in [3.8, 4) is 0 Å². The first kappa shape index (κ1) is 23.0. The number of nitrogens with zero attached hydrogens (tertiary/aromatic N) is 2. The summed E-state index contributed by atoms with van der Waals surface area (Å²) in [4.78, 5) is 19.0. The minimum absolute atomic E-state index is 0. The van der Waals surface area contributed by atoms with Gasteiger partial charge < -0.3 is 20.9 Å². The highest BCUT2D eigenvalue weighted by Crippen LogP contribution is 2.20. The number of amides is 1. The topological polar surface area (TPSA) is 68.8 Å². The van der Waals surface area contributed by atoms with Crippen LogP contribution in [0.15, 0.2) is 59.6 Å². The van der Waals surface area contributed by atoms with Crippen molar-refractivity contribution in [2.24, 2.45) is 4.99 Å². The molecule has 156 valence electrons. The summed E-state index contributed by atoms with van der Waals surface area (Å²) in [5, 5.41) is 9.55. The van der Waals surface area contributed by atoms with Crippen LogP contribution in [0.4, 0.5) is 11.4 Å². The lowest BCUT2D eigenvalue weighted by Gasteiger charge is -2.20. The van der Waals surface area contributed by atoms with E-state index in [0.29, 0.717) is 12.0 Å². The zero-order valence-electron chi connectivity index (χ0n) is 17.0. The van der Waals surface area contributed by atoms with Crippen molar-refractivity contribution in [3.05, 3.63) is 60.2 Å². The van der Waals surface area contributed by atoms with Crippen molar-refractivity contribution in [1.82, 2.24) is 10.6 Å². The van der Waals surface area contributed by atoms with E-state index in [0.717, 1.165) is 31.7 Å². The number of carbonyl (C=O) groups is 1. The molecule has 1 aliphatic heterocycles. The first-order chi connectivity index (χ1) is 13.6. The number of nitrogens with one attached hydrogen (secondary N) is 3. The minimum Gasteiger partial charge on any atom is -0.369 e. The van der Waals surface area contributed by atoms with Gasteiger partial charge in [0.15, 0.2) is 5.96 Å². The zero-order chi connectivity index (χ0) is 19.8. The molecule has 29 heavy (non-hydrogen) atoms. The second kappa shape index (κ2) is 11.6. The lowest BCUT2D eigenvalue weighted by Crippen LogP contribution is -2.45. The Morgan fingerprint density at radius 3 is 2.55 bits per heavy atom. The van der Waals surface area contributed by atoms with Crippen LogP contribution in [0.1, 0.15) is 18.9 Å². The molecule has 3 N–H and O–H groups in total. The van der Waals surface area contributed by atoms with Crippen molar-refractivity contribution >= 4 is 47.2 Å². The molecular formula is C22H30IN5O. The normalized spacial score (nSPS) is 16.1. The van der Waals surface area contributed by atoms with Gasteiger partial charge in [0, 0.05) is 37.1 Å². The summed E-state index contributed by atoms with van der Waals surface area (Å²) < 4.78 is 0. The van der Waals surface area contributed by atoms with E-state index in [1.165, 1.54) is 11.3 Å². The van der Waals surface area contributed by atoms with Gasteiger partial charge in [-0.3, -0.25) is 4.79 Å². The number of halogens is 1. The lowest BCUT2D eigenvalue weighted by molar-refractivity contribution is -0.114. The Labute approximate surface area is 190 Å². The summed E-state index contributed by atoms with van der Waals surface area (Å²) in [6.07, 6.45) is 1.04. The zero-order valence-corrected chi connectivity index (χ0v) is 19.4. The molecule has 1 heterocycles. The summed E-state index contributed by atoms with van der Waals surface area (Å²) in [7, 11) is 0. The van der Waals surface area contributed by atoms with Crippen LogP contribution in [0.25, 0.3) is 0 Å². The van der Waals surface area contributed by atoms with E-state index < -0.39 is 0 Å². The molecule has 1 unspecified atom stereocenters. The summed E-state index contributed by atoms with van der Waals surface area (Å²) in [5.41, 5.74) is 3.30. The lowest BCUT2D eigenvalue weighted by atomic mass is 10.2. The number of guanidine groups is 1. The summed E-state index contributed by atoms with van der Waals surface area (Å²) in [6, 6.07) is 18.4. The first-order valence-corrected chi connectivity index (χ1v) is 9.85. The maximum atomic E-state index is 12.1. The van der Waals surface area contributed by atoms with Gasteiger partial charge in [-0.15, -0.1) is 24.0 Å². The predicted octanol–water partition coefficient (Wildman–Crippen LogP) is 3.39. The van der Waals surface area contributed by atoms with Gasteiger partial charge in [0.05, 0.1) is 0 Å². The fourth-order valence-electron chi connectivity index (χ4n) is 3.25. The summed E-state index contributed by atoms with van der Waals surface area (Å²) >= 11 is 0. The number of para-hydroxylation sites is 1. The van der Waals surface area contributed by atoms with E-state index >= 15 is 0 Å². The van der Waals surface area contributed by atoms with Crippen molar-refractivity contribution < 1.29 is 4.79 Å². The molecule has 1 aliphatic rings. The Morgan fingerprint density at radius 1 is 1.14 bits per heavy atom. The Morgan fingerprint density at radius 2 is 1.86 bits per heavy atom. The first-order valence-electron chi connectivity index (χ1n) is 9.85. The number of hydrogen-bond acceptors (Lipinski definition) is 3. The molecule has 2 aromatic carbocycles. The number of aliphatic imine (C=N–C) groups is 1. The number of aryl methyl sites for hydroxylation is 1. The van der Waals surface area contributed by atoms with Gasteiger partial charge >= 0.3 is 0 Å². The molecule has 6 nitrogen and oxygen atoms in total. The smallest absolute Gasteiger partial charge is 0.246 e. The summed E-state index contributed by atoms with van der Waals surface area (Å²) in [6.45, 7) is 6.89. The van der Waals surface area contributed by atoms with Crippen LogP contribution < -0.4 is 20.9 Å². The van der Waals surface area contributed by atoms with Gasteiger partial charge in [0.25, 0.3) is 0 Å². The molecule has 0 spiro atoms. The van der Waals surface area contributed by atoms with Gasteiger partial charge in [-0.25, -0.2) is 4.99 Å². The monoisotopic (exact) mass is 507 g/mol. The van der Waals surface area contributed by atoms with Gasteiger partial charge in [-0.1, -0.05) is 35.9 Å². The van der Waals surface area contributed by atoms with Crippen molar-refractivity contribution in [1.29, 1.82) is 0 Å². The van der Waals surface area contributed by atoms with Crippen molar-refractivity contribution in [3.63, 3.8) is 0 Å². The van der Waals surface area contributed by atoms with E-state index in [2.05, 4.69) is 57.0 Å². The molecule has 2 aromatic rings. The standard InChI is InChI=1S/C22H29N5O.HI/c1-3-23-22(24-15-21(28)25-18-7-5-4-6-8-18)26-19-13-14-27(16-19)20-11-9-17(2)10-12-20;/h4-12,19H,3,13-16H2,1-2H3,(H,25,28)(H2,23,24,26);1H. The average Bonchev–Trinajstić information content (AvgIpc) is 3.16. The molecule has 0 saturated carbocycles. The van der Waals surface area contributed by atoms with E-state index in [4.69, 9.17) is 0 Å². The third-order valence-electron chi connectivity index (χ3n) is 4.71. The van der Waals surface area contributed by atoms with E-state index in [1.54, 1.807) is 0 Å². The molecule has 1 fully saturated rings. The maximum absolute atomic E-state index is 12.1. The SMILES string of the molecule is CCNC(=NCC(=O)Nc1ccccc1)NC1CCN(c2ccc(C)cc2)C1.I. The second-order valence-corrected chi connectivity index (χ2v) is 7.02. The van der Waals surface area contributed by atoms with Crippen LogP contribution in [0, 0.1) is 6.92 Å². The Hall–Kier alpha value is -2.29. The minimum atomic E-state index is -0.129. The third kappa shape index (κ3) is 7.23. The number of carbonyl (C=O) groups excluding carboxylic acids is 1. The van der Waals surface area contributed by atoms with Gasteiger partial charge in [-0.05, 0) is 44.5 Å². The van der Waals surface area contributed by atoms with Crippen LogP contribution in [-0.2, 0) is 4.79 Å². The molecule has 1 saturated heterocycles. The van der Waals surface area contributed by atoms with Crippen LogP contribution in [-0.4, -0.2) is 44.1 Å². The average molecular weight is 507 g/mol. The predicted molar refractivity (Wildman–Crippen MR) is 131 cm³/mol. The molecule has 0 aromatic heterocycles. The number of rotatable bonds is 6. The van der Waals surface area contributed by atoms with E-state index in [1.807, 2.05) is 37.3 Å². The molecule has 0 radical (unpaired) electrons. The van der Waals surface area contributed by atoms with Gasteiger partial charge in [0.2, 0.25) is 5.91 Å². The Balaban J connectivity index is 0.00000300. The van der Waals surface area contributed by atoms with Gasteiger partial charge in [-0.2, -0.15) is 0 Å². The van der Waals surface area contributed by atoms with Crippen LogP contribution in [0.3, 0.4) is 0 Å². The maximum Gasteiger partial charge on any atom is 0.246 e. The largest absolute Gasteiger partial charge is 0.369 e. The molecule has 7 heteroatoms. The highest BCUT2D eigenvalue weighted by Gasteiger charge is 2.23. The van der Waals surface area contributed by atoms with Crippen molar-refractivity contribution in [2.75, 3.05) is 36.4 Å². The molecule has 0 bridgehead atoms. The van der Waals surface area contributed by atoms with Crippen LogP contribution >= 0.6 is 24.0 Å².